The molecule has 2 aromatic rings. The molecule has 0 aliphatic carbocycles. The van der Waals surface area contributed by atoms with Gasteiger partial charge in [-0.3, -0.25) is 0 Å². The summed E-state index contributed by atoms with van der Waals surface area (Å²) in [4.78, 5) is 14.7. The summed E-state index contributed by atoms with van der Waals surface area (Å²) in [6, 6.07) is 13.6. The molecule has 0 radical (unpaired) electrons. The van der Waals surface area contributed by atoms with Crippen molar-refractivity contribution < 1.29 is 28.8 Å². The molecule has 2 fully saturated rings. The Morgan fingerprint density at radius 2 is 2.00 bits per heavy atom. The molecule has 0 spiro atoms. The minimum atomic E-state index is -1.19. The van der Waals surface area contributed by atoms with E-state index in [1.54, 1.807) is 18.2 Å². The Kier molecular flexibility index (Phi) is 8.23. The Morgan fingerprint density at radius 1 is 1.21 bits per heavy atom. The lowest BCUT2D eigenvalue weighted by Gasteiger charge is -2.47. The van der Waals surface area contributed by atoms with Gasteiger partial charge in [0.2, 0.25) is 0 Å². The molecular weight excluding hydrogens is 505 g/mol. The molecule has 0 bridgehead atoms. The predicted octanol–water partition coefficient (Wildman–Crippen LogP) is 5.59. The van der Waals surface area contributed by atoms with Crippen molar-refractivity contribution in [1.29, 1.82) is 0 Å². The number of benzene rings is 2. The van der Waals surface area contributed by atoms with Crippen molar-refractivity contribution in [3.63, 3.8) is 0 Å². The van der Waals surface area contributed by atoms with Crippen LogP contribution in [0.15, 0.2) is 70.9 Å². The van der Waals surface area contributed by atoms with Crippen LogP contribution in [0.1, 0.15) is 11.9 Å². The van der Waals surface area contributed by atoms with Gasteiger partial charge < -0.3 is 24.1 Å². The van der Waals surface area contributed by atoms with Crippen LogP contribution < -0.4 is 0 Å². The fourth-order valence-corrected chi connectivity index (χ4v) is 5.17. The van der Waals surface area contributed by atoms with Gasteiger partial charge in [-0.1, -0.05) is 70.4 Å². The Balaban J connectivity index is 1.62. The van der Waals surface area contributed by atoms with Crippen molar-refractivity contribution in [3.8, 4) is 0 Å². The largest absolute Gasteiger partial charge is 0.494 e. The van der Waals surface area contributed by atoms with Crippen LogP contribution in [0.2, 0.25) is 10.0 Å². The van der Waals surface area contributed by atoms with Crippen LogP contribution in [0.5, 0.6) is 0 Å². The van der Waals surface area contributed by atoms with Crippen molar-refractivity contribution in [2.45, 2.75) is 41.0 Å². The van der Waals surface area contributed by atoms with Gasteiger partial charge in [0.15, 0.2) is 6.29 Å². The number of nitrogens with zero attached hydrogens (tertiary/aromatic N) is 3. The summed E-state index contributed by atoms with van der Waals surface area (Å²) < 4.78 is 24.0. The Morgan fingerprint density at radius 3 is 2.71 bits per heavy atom. The number of ether oxygens (including phenoxy) is 4. The SMILES string of the molecule is [N-]=[N+]=N[C@@H]1[C@@H](O/C=C/C(=O)O)[C@@H](Sc2ccc(Cl)c(Cl)c2)O[C@@H]2COC(c3ccccc3)O[C@H]12. The molecule has 2 aliphatic heterocycles. The first kappa shape index (κ1) is 24.7. The number of rotatable bonds is 7. The molecule has 6 atom stereocenters. The highest BCUT2D eigenvalue weighted by Crippen LogP contribution is 2.42. The van der Waals surface area contributed by atoms with E-state index in [1.165, 1.54) is 11.8 Å². The summed E-state index contributed by atoms with van der Waals surface area (Å²) >= 11 is 13.4. The zero-order valence-electron chi connectivity index (χ0n) is 17.4. The second-order valence-corrected chi connectivity index (χ2v) is 9.34. The van der Waals surface area contributed by atoms with E-state index < -0.39 is 42.0 Å². The van der Waals surface area contributed by atoms with E-state index in [9.17, 15) is 10.3 Å². The number of carboxylic acid groups (broad SMARTS) is 1. The zero-order chi connectivity index (χ0) is 24.1. The van der Waals surface area contributed by atoms with Crippen molar-refractivity contribution in [2.75, 3.05) is 6.61 Å². The van der Waals surface area contributed by atoms with Crippen molar-refractivity contribution in [1.82, 2.24) is 0 Å². The van der Waals surface area contributed by atoms with Crippen LogP contribution in [0.4, 0.5) is 0 Å². The summed E-state index contributed by atoms with van der Waals surface area (Å²) in [6.07, 6.45) is -0.925. The third-order valence-electron chi connectivity index (χ3n) is 5.16. The van der Waals surface area contributed by atoms with Crippen LogP contribution in [0.3, 0.4) is 0 Å². The summed E-state index contributed by atoms with van der Waals surface area (Å²) in [5.74, 6) is -1.19. The monoisotopic (exact) mass is 523 g/mol. The van der Waals surface area contributed by atoms with Crippen molar-refractivity contribution in [3.05, 3.63) is 86.9 Å². The van der Waals surface area contributed by atoms with E-state index in [4.69, 9.17) is 47.3 Å². The maximum absolute atomic E-state index is 11.0. The van der Waals surface area contributed by atoms with Crippen LogP contribution in [0, 0.1) is 0 Å². The van der Waals surface area contributed by atoms with Gasteiger partial charge in [-0.15, -0.1) is 0 Å². The molecule has 0 saturated carbocycles. The summed E-state index contributed by atoms with van der Waals surface area (Å²) in [5, 5.41) is 13.7. The number of fused-ring (bicyclic) bond motifs is 1. The average Bonchev–Trinajstić information content (AvgIpc) is 2.83. The van der Waals surface area contributed by atoms with Gasteiger partial charge in [-0.2, -0.15) is 0 Å². The molecule has 9 nitrogen and oxygen atoms in total. The molecule has 34 heavy (non-hydrogen) atoms. The second kappa shape index (κ2) is 11.3. The van der Waals surface area contributed by atoms with Crippen molar-refractivity contribution >= 4 is 40.9 Å². The summed E-state index contributed by atoms with van der Waals surface area (Å²) in [6.45, 7) is 0.192. The standard InChI is InChI=1S/C22H19Cl2N3O6S/c23-14-7-6-13(10-15(14)24)34-22-20(30-9-8-17(28)29)18(26-27-25)19-16(32-22)11-31-21(33-19)12-4-2-1-3-5-12/h1-10,16,18-22H,11H2,(H,28,29)/b9-8+/t16-,18+,19+,20-,21?,22-/m1/s1. The van der Waals surface area contributed by atoms with Crippen LogP contribution in [-0.4, -0.2) is 47.5 Å². The van der Waals surface area contributed by atoms with Gasteiger partial charge in [0.25, 0.3) is 0 Å². The first-order chi connectivity index (χ1) is 16.5. The molecule has 178 valence electrons. The zero-order valence-corrected chi connectivity index (χ0v) is 19.8. The molecule has 2 saturated heterocycles. The molecule has 2 heterocycles. The Labute approximate surface area is 209 Å². The van der Waals surface area contributed by atoms with Crippen LogP contribution in [0.25, 0.3) is 10.4 Å². The van der Waals surface area contributed by atoms with Gasteiger partial charge in [0.1, 0.15) is 29.8 Å². The highest BCUT2D eigenvalue weighted by atomic mass is 35.5. The number of carbonyl (C=O) groups is 1. The first-order valence-corrected chi connectivity index (χ1v) is 11.8. The number of hydrogen-bond donors (Lipinski definition) is 1. The van der Waals surface area contributed by atoms with E-state index in [1.807, 2.05) is 30.3 Å². The highest BCUT2D eigenvalue weighted by molar-refractivity contribution is 7.99. The fraction of sp³-hybridized carbons (Fsp3) is 0.318. The van der Waals surface area contributed by atoms with Gasteiger partial charge in [-0.05, 0) is 23.7 Å². The second-order valence-electron chi connectivity index (χ2n) is 7.35. The highest BCUT2D eigenvalue weighted by Gasteiger charge is 2.51. The van der Waals surface area contributed by atoms with Crippen molar-refractivity contribution in [2.24, 2.45) is 5.11 Å². The maximum atomic E-state index is 11.0. The third-order valence-corrected chi connectivity index (χ3v) is 7.03. The van der Waals surface area contributed by atoms with E-state index in [0.29, 0.717) is 10.0 Å². The lowest BCUT2D eigenvalue weighted by molar-refractivity contribution is -0.297. The van der Waals surface area contributed by atoms with E-state index in [2.05, 4.69) is 10.0 Å². The molecular formula is C22H19Cl2N3O6S. The van der Waals surface area contributed by atoms with Gasteiger partial charge in [-0.25, -0.2) is 4.79 Å². The quantitative estimate of drug-likeness (QED) is 0.165. The third kappa shape index (κ3) is 5.79. The van der Waals surface area contributed by atoms with Gasteiger partial charge in [0, 0.05) is 15.4 Å². The molecule has 4 rings (SSSR count). The number of thioether (sulfide) groups is 1. The van der Waals surface area contributed by atoms with E-state index in [0.717, 1.165) is 22.8 Å². The number of azide groups is 1. The number of halogens is 2. The normalized spacial score (nSPS) is 28.6. The smallest absolute Gasteiger partial charge is 0.331 e. The number of hydrogen-bond acceptors (Lipinski definition) is 7. The first-order valence-electron chi connectivity index (χ1n) is 10.1. The Hall–Kier alpha value is -2.43. The van der Waals surface area contributed by atoms with E-state index >= 15 is 0 Å². The molecule has 1 unspecified atom stereocenters. The molecule has 2 aliphatic rings. The predicted molar refractivity (Wildman–Crippen MR) is 126 cm³/mol. The topological polar surface area (TPSA) is 123 Å². The van der Waals surface area contributed by atoms with Crippen LogP contribution >= 0.6 is 35.0 Å². The summed E-state index contributed by atoms with van der Waals surface area (Å²) in [7, 11) is 0. The molecule has 0 amide bonds. The van der Waals surface area contributed by atoms with Gasteiger partial charge >= 0.3 is 5.97 Å². The minimum Gasteiger partial charge on any atom is -0.494 e. The van der Waals surface area contributed by atoms with E-state index in [-0.39, 0.29) is 6.61 Å². The molecule has 1 N–H and O–H groups in total. The molecule has 0 aromatic heterocycles. The van der Waals surface area contributed by atoms with Crippen LogP contribution in [-0.2, 0) is 23.7 Å². The van der Waals surface area contributed by atoms with Gasteiger partial charge in [0.05, 0.1) is 29.0 Å². The maximum Gasteiger partial charge on any atom is 0.331 e. The average molecular weight is 524 g/mol. The number of carboxylic acids is 1. The minimum absolute atomic E-state index is 0.192. The molecule has 12 heteroatoms. The molecule has 2 aromatic carbocycles. The lowest BCUT2D eigenvalue weighted by atomic mass is 9.96. The Bertz CT molecular complexity index is 1100. The summed E-state index contributed by atoms with van der Waals surface area (Å²) in [5.41, 5.74) is 9.39. The lowest BCUT2D eigenvalue weighted by Crippen LogP contribution is -2.60. The number of aliphatic carboxylic acids is 1. The fourth-order valence-electron chi connectivity index (χ4n) is 3.65.